The van der Waals surface area contributed by atoms with Crippen LogP contribution in [0.1, 0.15) is 11.1 Å². The number of benzene rings is 10. The number of rotatable bonds is 7. The van der Waals surface area contributed by atoms with Gasteiger partial charge in [0.15, 0.2) is 0 Å². The van der Waals surface area contributed by atoms with Gasteiger partial charge in [0.2, 0.25) is 0 Å². The SMILES string of the molecule is [Au+].[Au+].[C-]#Cc1ccc2oc3ccccc3c2c1.[CH-]=Cc1ccc2oc3ccccc3c2c1.c1ccc([PH+](c2ccccc2)c2cc3oc4ccccc4c3cc2[PH+](c2ccccc2)c2ccccc2)cc1. The Labute approximate surface area is 446 Å². The zero-order chi connectivity index (χ0) is 46.5. The van der Waals surface area contributed by atoms with Gasteiger partial charge >= 0.3 is 44.8 Å². The van der Waals surface area contributed by atoms with E-state index in [9.17, 15) is 0 Å². The zero-order valence-corrected chi connectivity index (χ0v) is 44.4. The third-order valence-corrected chi connectivity index (χ3v) is 18.2. The van der Waals surface area contributed by atoms with E-state index in [1.165, 1.54) is 42.6 Å². The molecule has 0 aliphatic carbocycles. The molecule has 0 radical (unpaired) electrons. The van der Waals surface area contributed by atoms with Gasteiger partial charge in [0.25, 0.3) is 0 Å². The van der Waals surface area contributed by atoms with Crippen LogP contribution in [0.3, 0.4) is 0 Å². The van der Waals surface area contributed by atoms with E-state index in [-0.39, 0.29) is 44.8 Å². The van der Waals surface area contributed by atoms with Crippen LogP contribution in [0.25, 0.3) is 71.9 Å². The summed E-state index contributed by atoms with van der Waals surface area (Å²) in [6, 6.07) is 85.0. The monoisotopic (exact) mass is 1320 g/mol. The van der Waals surface area contributed by atoms with Gasteiger partial charge in [-0.15, -0.1) is 29.8 Å². The average molecular weight is 1320 g/mol. The summed E-state index contributed by atoms with van der Waals surface area (Å²) in [7, 11) is -2.65. The maximum atomic E-state index is 7.10. The molecule has 10 aromatic carbocycles. The number of para-hydroxylation sites is 3. The molecule has 0 saturated heterocycles. The molecule has 3 heterocycles. The minimum atomic E-state index is -1.33. The van der Waals surface area contributed by atoms with Crippen LogP contribution < -0.4 is 31.8 Å². The summed E-state index contributed by atoms with van der Waals surface area (Å²) in [6.45, 7) is 5.50. The van der Waals surface area contributed by atoms with Crippen molar-refractivity contribution in [1.29, 1.82) is 0 Å². The van der Waals surface area contributed by atoms with Crippen LogP contribution in [0.5, 0.6) is 0 Å². The van der Waals surface area contributed by atoms with E-state index in [1.807, 2.05) is 78.9 Å². The Kier molecular flexibility index (Phi) is 15.6. The fourth-order valence-electron chi connectivity index (χ4n) is 9.21. The van der Waals surface area contributed by atoms with Gasteiger partial charge in [0.05, 0.1) is 0 Å². The summed E-state index contributed by atoms with van der Waals surface area (Å²) >= 11 is 0. The molecule has 0 fully saturated rings. The summed E-state index contributed by atoms with van der Waals surface area (Å²) in [6.07, 6.45) is 8.70. The van der Waals surface area contributed by atoms with Gasteiger partial charge in [0.1, 0.15) is 81.2 Å². The second-order valence-electron chi connectivity index (χ2n) is 16.7. The van der Waals surface area contributed by atoms with Crippen LogP contribution in [0.4, 0.5) is 0 Å². The van der Waals surface area contributed by atoms with E-state index in [0.717, 1.165) is 66.2 Å². The third-order valence-electron chi connectivity index (χ3n) is 12.4. The first-order valence-corrected chi connectivity index (χ1v) is 25.9. The molecule has 13 aromatic rings. The van der Waals surface area contributed by atoms with Crippen molar-refractivity contribution in [3.63, 3.8) is 0 Å². The largest absolute Gasteiger partial charge is 1.00 e. The van der Waals surface area contributed by atoms with Crippen molar-refractivity contribution in [2.75, 3.05) is 0 Å². The quantitative estimate of drug-likeness (QED) is 0.0691. The summed E-state index contributed by atoms with van der Waals surface area (Å²) in [5, 5.41) is 15.2. The standard InChI is InChI=1S/C36H26OP2.C14H9O.C14H7O.2Au/c1-5-15-27(16-6-1)38(28-17-7-2-8-18-28)35-25-32-31-23-13-14-24-33(31)37-34(32)26-36(35)39(29-19-9-3-10-20-29)30-21-11-4-12-22-30;2*1-2-10-7-8-14-12(9-10)11-5-3-4-6-13(11)15-14;;/h1-26H;1-9H;3-9H;;/q;2*-1;2*+1/p+2. The van der Waals surface area contributed by atoms with Crippen molar-refractivity contribution in [2.45, 2.75) is 0 Å². The second kappa shape index (κ2) is 22.5. The fraction of sp³-hybridized carbons (Fsp3) is 0. The topological polar surface area (TPSA) is 39.4 Å². The van der Waals surface area contributed by atoms with Gasteiger partial charge in [-0.2, -0.15) is 5.56 Å². The Morgan fingerprint density at radius 1 is 0.338 bits per heavy atom. The molecule has 3 aromatic heterocycles. The van der Waals surface area contributed by atoms with Crippen molar-refractivity contribution in [1.82, 2.24) is 0 Å². The number of hydrogen-bond acceptors (Lipinski definition) is 3. The van der Waals surface area contributed by atoms with E-state index in [4.69, 9.17) is 26.3 Å². The number of hydrogen-bond donors (Lipinski definition) is 0. The van der Waals surface area contributed by atoms with Crippen molar-refractivity contribution >= 4 is 120 Å². The Hall–Kier alpha value is -6.76. The predicted molar refractivity (Wildman–Crippen MR) is 296 cm³/mol. The Morgan fingerprint density at radius 3 is 1.10 bits per heavy atom. The molecule has 0 aliphatic heterocycles. The first-order valence-electron chi connectivity index (χ1n) is 22.9. The van der Waals surface area contributed by atoms with E-state index in [1.54, 1.807) is 6.08 Å². The van der Waals surface area contributed by atoms with E-state index in [0.29, 0.717) is 0 Å². The van der Waals surface area contributed by atoms with E-state index in [2.05, 4.69) is 170 Å². The van der Waals surface area contributed by atoms with Gasteiger partial charge in [-0.3, -0.25) is 12.5 Å². The minimum absolute atomic E-state index is 0. The van der Waals surface area contributed by atoms with E-state index >= 15 is 0 Å². The number of fused-ring (bicyclic) bond motifs is 9. The van der Waals surface area contributed by atoms with Crippen molar-refractivity contribution in [2.24, 2.45) is 0 Å². The summed E-state index contributed by atoms with van der Waals surface area (Å²) in [4.78, 5) is 0. The Bertz CT molecular complexity index is 3870. The molecule has 0 amide bonds. The molecule has 0 spiro atoms. The maximum absolute atomic E-state index is 7.10. The molecular weight excluding hydrogens is 1270 g/mol. The van der Waals surface area contributed by atoms with E-state index < -0.39 is 15.8 Å². The molecular formula is C64H44Au2O3P2+2. The second-order valence-corrected chi connectivity index (χ2v) is 21.5. The molecule has 13 rings (SSSR count). The van der Waals surface area contributed by atoms with Gasteiger partial charge in [-0.1, -0.05) is 127 Å². The van der Waals surface area contributed by atoms with Crippen molar-refractivity contribution in [3.8, 4) is 5.92 Å². The van der Waals surface area contributed by atoms with Crippen molar-refractivity contribution < 1.29 is 58.0 Å². The van der Waals surface area contributed by atoms with Crippen LogP contribution >= 0.6 is 15.8 Å². The van der Waals surface area contributed by atoms with Gasteiger partial charge in [-0.25, -0.2) is 6.08 Å². The molecule has 0 atom stereocenters. The first-order chi connectivity index (χ1) is 34.1. The molecule has 0 bridgehead atoms. The molecule has 348 valence electrons. The average Bonchev–Trinajstić information content (AvgIpc) is 4.11. The smallest absolute Gasteiger partial charge is 0.456 e. The Balaban J connectivity index is 0.000000159. The summed E-state index contributed by atoms with van der Waals surface area (Å²) in [5.41, 5.74) is 7.25. The molecule has 3 nitrogen and oxygen atoms in total. The molecule has 71 heavy (non-hydrogen) atoms. The molecule has 0 unspecified atom stereocenters. The van der Waals surface area contributed by atoms with Gasteiger partial charge in [0, 0.05) is 38.4 Å². The zero-order valence-electron chi connectivity index (χ0n) is 38.1. The minimum Gasteiger partial charge on any atom is -0.456 e. The van der Waals surface area contributed by atoms with Crippen LogP contribution in [0, 0.1) is 18.9 Å². The molecule has 0 aliphatic rings. The van der Waals surface area contributed by atoms with Crippen LogP contribution in [-0.2, 0) is 44.8 Å². The first kappa shape index (κ1) is 49.2. The Morgan fingerprint density at radius 2 is 0.676 bits per heavy atom. The summed E-state index contributed by atoms with van der Waals surface area (Å²) in [5.74, 6) is 2.38. The molecule has 0 N–H and O–H groups in total. The van der Waals surface area contributed by atoms with Crippen LogP contribution in [-0.4, -0.2) is 0 Å². The molecule has 0 saturated carbocycles. The predicted octanol–water partition coefficient (Wildman–Crippen LogP) is 14.1. The van der Waals surface area contributed by atoms with Gasteiger partial charge in [-0.05, 0) is 84.9 Å². The van der Waals surface area contributed by atoms with Crippen molar-refractivity contribution in [3.05, 3.63) is 267 Å². The van der Waals surface area contributed by atoms with Gasteiger partial charge < -0.3 is 19.7 Å². The summed E-state index contributed by atoms with van der Waals surface area (Å²) < 4.78 is 17.8. The number of furan rings is 3. The maximum Gasteiger partial charge on any atom is 1.00 e. The third kappa shape index (κ3) is 10.2. The molecule has 7 heteroatoms. The normalized spacial score (nSPS) is 10.9. The van der Waals surface area contributed by atoms with Crippen LogP contribution in [0.15, 0.2) is 256 Å². The van der Waals surface area contributed by atoms with Crippen LogP contribution in [0.2, 0.25) is 0 Å². The fourth-order valence-corrected chi connectivity index (χ4v) is 15.2.